The fraction of sp³-hybridized carbons (Fsp3) is 0.353. The minimum absolute atomic E-state index is 0.184. The van der Waals surface area contributed by atoms with Crippen molar-refractivity contribution in [2.24, 2.45) is 0 Å². The van der Waals surface area contributed by atoms with Gasteiger partial charge < -0.3 is 19.8 Å². The van der Waals surface area contributed by atoms with Gasteiger partial charge >= 0.3 is 0 Å². The van der Waals surface area contributed by atoms with E-state index in [2.05, 4.69) is 15.3 Å². The SMILES string of the molecule is CCC(Sc1nc(COC)cc(=O)[nH]1)C(=O)Nc1ccccc1OC. The number of anilines is 1. The Morgan fingerprint density at radius 2 is 2.12 bits per heavy atom. The standard InChI is InChI=1S/C17H21N3O4S/c1-4-14(16(22)19-12-7-5-6-8-13(12)24-3)25-17-18-11(10-23-2)9-15(21)20-17/h5-9,14H,4,10H2,1-3H3,(H,19,22)(H,18,20,21). The Hall–Kier alpha value is -2.32. The van der Waals surface area contributed by atoms with Gasteiger partial charge in [0.1, 0.15) is 5.75 Å². The first-order valence-electron chi connectivity index (χ1n) is 7.77. The lowest BCUT2D eigenvalue weighted by atomic mass is 10.2. The lowest BCUT2D eigenvalue weighted by molar-refractivity contribution is -0.115. The van der Waals surface area contributed by atoms with Gasteiger partial charge in [-0.25, -0.2) is 4.98 Å². The van der Waals surface area contributed by atoms with Crippen LogP contribution in [0.5, 0.6) is 5.75 Å². The number of H-pyrrole nitrogens is 1. The predicted molar refractivity (Wildman–Crippen MR) is 97.1 cm³/mol. The van der Waals surface area contributed by atoms with Gasteiger partial charge in [0.15, 0.2) is 5.16 Å². The number of hydrogen-bond acceptors (Lipinski definition) is 6. The number of rotatable bonds is 8. The molecule has 8 heteroatoms. The molecule has 0 aliphatic heterocycles. The van der Waals surface area contributed by atoms with E-state index in [1.807, 2.05) is 19.1 Å². The average Bonchev–Trinajstić information content (AvgIpc) is 2.60. The van der Waals surface area contributed by atoms with E-state index in [1.165, 1.54) is 24.9 Å². The van der Waals surface area contributed by atoms with Crippen LogP contribution < -0.4 is 15.6 Å². The Balaban J connectivity index is 2.14. The molecule has 1 aromatic carbocycles. The quantitative estimate of drug-likeness (QED) is 0.553. The summed E-state index contributed by atoms with van der Waals surface area (Å²) in [6, 6.07) is 8.57. The van der Waals surface area contributed by atoms with Gasteiger partial charge in [0.05, 0.1) is 30.3 Å². The molecule has 2 N–H and O–H groups in total. The van der Waals surface area contributed by atoms with Gasteiger partial charge in [0, 0.05) is 13.2 Å². The van der Waals surface area contributed by atoms with Gasteiger partial charge in [-0.15, -0.1) is 0 Å². The molecule has 0 bridgehead atoms. The fourth-order valence-corrected chi connectivity index (χ4v) is 3.11. The van der Waals surface area contributed by atoms with Gasteiger partial charge in [-0.05, 0) is 18.6 Å². The van der Waals surface area contributed by atoms with Crippen LogP contribution in [0.15, 0.2) is 40.3 Å². The molecule has 0 fully saturated rings. The maximum atomic E-state index is 12.6. The largest absolute Gasteiger partial charge is 0.495 e. The fourth-order valence-electron chi connectivity index (χ4n) is 2.18. The van der Waals surface area contributed by atoms with Crippen LogP contribution in [0.1, 0.15) is 19.0 Å². The van der Waals surface area contributed by atoms with Crippen molar-refractivity contribution in [2.45, 2.75) is 30.4 Å². The number of methoxy groups -OCH3 is 2. The molecule has 0 aliphatic carbocycles. The Morgan fingerprint density at radius 3 is 2.80 bits per heavy atom. The molecule has 7 nitrogen and oxygen atoms in total. The van der Waals surface area contributed by atoms with Crippen molar-refractivity contribution in [2.75, 3.05) is 19.5 Å². The highest BCUT2D eigenvalue weighted by atomic mass is 32.2. The number of aromatic amines is 1. The maximum absolute atomic E-state index is 12.6. The third-order valence-electron chi connectivity index (χ3n) is 3.35. The van der Waals surface area contributed by atoms with Crippen LogP contribution in [-0.4, -0.2) is 35.3 Å². The van der Waals surface area contributed by atoms with E-state index in [9.17, 15) is 9.59 Å². The zero-order chi connectivity index (χ0) is 18.2. The Morgan fingerprint density at radius 1 is 1.36 bits per heavy atom. The lowest BCUT2D eigenvalue weighted by Gasteiger charge is -2.16. The highest BCUT2D eigenvalue weighted by Gasteiger charge is 2.20. The van der Waals surface area contributed by atoms with Crippen molar-refractivity contribution in [3.63, 3.8) is 0 Å². The van der Waals surface area contributed by atoms with Crippen LogP contribution >= 0.6 is 11.8 Å². The predicted octanol–water partition coefficient (Wildman–Crippen LogP) is 2.43. The van der Waals surface area contributed by atoms with E-state index >= 15 is 0 Å². The van der Waals surface area contributed by atoms with E-state index in [1.54, 1.807) is 19.2 Å². The average molecular weight is 363 g/mol. The van der Waals surface area contributed by atoms with E-state index in [-0.39, 0.29) is 18.1 Å². The summed E-state index contributed by atoms with van der Waals surface area (Å²) in [7, 11) is 3.08. The second kappa shape index (κ2) is 9.24. The summed E-state index contributed by atoms with van der Waals surface area (Å²) in [5.41, 5.74) is 0.849. The molecule has 2 rings (SSSR count). The molecule has 0 aliphatic rings. The molecular formula is C17H21N3O4S. The number of amides is 1. The number of carbonyl (C=O) groups is 1. The molecular weight excluding hydrogens is 342 g/mol. The lowest BCUT2D eigenvalue weighted by Crippen LogP contribution is -2.25. The monoisotopic (exact) mass is 363 g/mol. The Labute approximate surface area is 150 Å². The number of nitrogens with one attached hydrogen (secondary N) is 2. The number of para-hydroxylation sites is 2. The van der Waals surface area contributed by atoms with Gasteiger partial charge in [0.2, 0.25) is 5.91 Å². The summed E-state index contributed by atoms with van der Waals surface area (Å²) in [6.45, 7) is 2.14. The van der Waals surface area contributed by atoms with Crippen LogP contribution in [-0.2, 0) is 16.1 Å². The number of carbonyl (C=O) groups excluding carboxylic acids is 1. The van der Waals surface area contributed by atoms with Crippen LogP contribution in [0.2, 0.25) is 0 Å². The highest BCUT2D eigenvalue weighted by molar-refractivity contribution is 8.00. The Kier molecular flexibility index (Phi) is 7.03. The van der Waals surface area contributed by atoms with Crippen molar-refractivity contribution < 1.29 is 14.3 Å². The molecule has 134 valence electrons. The van der Waals surface area contributed by atoms with Gasteiger partial charge in [0.25, 0.3) is 5.56 Å². The number of aromatic nitrogens is 2. The zero-order valence-electron chi connectivity index (χ0n) is 14.4. The van der Waals surface area contributed by atoms with E-state index in [0.717, 1.165) is 0 Å². The molecule has 0 spiro atoms. The van der Waals surface area contributed by atoms with E-state index < -0.39 is 5.25 Å². The zero-order valence-corrected chi connectivity index (χ0v) is 15.2. The number of ether oxygens (including phenoxy) is 2. The van der Waals surface area contributed by atoms with Crippen molar-refractivity contribution in [3.05, 3.63) is 46.4 Å². The molecule has 1 unspecified atom stereocenters. The van der Waals surface area contributed by atoms with Gasteiger partial charge in [-0.2, -0.15) is 0 Å². The van der Waals surface area contributed by atoms with Gasteiger partial charge in [-0.1, -0.05) is 30.8 Å². The van der Waals surface area contributed by atoms with Crippen LogP contribution in [0.4, 0.5) is 5.69 Å². The summed E-state index contributed by atoms with van der Waals surface area (Å²) in [5.74, 6) is 0.404. The maximum Gasteiger partial charge on any atom is 0.251 e. The highest BCUT2D eigenvalue weighted by Crippen LogP contribution is 2.27. The summed E-state index contributed by atoms with van der Waals surface area (Å²) in [5, 5.41) is 2.84. The van der Waals surface area contributed by atoms with Crippen molar-refractivity contribution in [3.8, 4) is 5.75 Å². The molecule has 1 atom stereocenters. The first kappa shape index (κ1) is 19.0. The van der Waals surface area contributed by atoms with Crippen molar-refractivity contribution in [1.29, 1.82) is 0 Å². The smallest absolute Gasteiger partial charge is 0.251 e. The third kappa shape index (κ3) is 5.33. The van der Waals surface area contributed by atoms with Crippen LogP contribution in [0, 0.1) is 0 Å². The number of nitrogens with zero attached hydrogens (tertiary/aromatic N) is 1. The summed E-state index contributed by atoms with van der Waals surface area (Å²) in [6.07, 6.45) is 0.573. The minimum atomic E-state index is -0.411. The van der Waals surface area contributed by atoms with Crippen LogP contribution in [0.3, 0.4) is 0 Å². The van der Waals surface area contributed by atoms with Crippen molar-refractivity contribution >= 4 is 23.4 Å². The molecule has 0 saturated heterocycles. The van der Waals surface area contributed by atoms with Gasteiger partial charge in [-0.3, -0.25) is 9.59 Å². The normalized spacial score (nSPS) is 11.8. The second-order valence-electron chi connectivity index (χ2n) is 5.18. The molecule has 1 heterocycles. The first-order valence-corrected chi connectivity index (χ1v) is 8.65. The topological polar surface area (TPSA) is 93.3 Å². The number of thioether (sulfide) groups is 1. The summed E-state index contributed by atoms with van der Waals surface area (Å²) >= 11 is 1.21. The molecule has 0 radical (unpaired) electrons. The third-order valence-corrected chi connectivity index (χ3v) is 4.60. The summed E-state index contributed by atoms with van der Waals surface area (Å²) in [4.78, 5) is 31.3. The molecule has 2 aromatic rings. The molecule has 25 heavy (non-hydrogen) atoms. The van der Waals surface area contributed by atoms with Crippen molar-refractivity contribution in [1.82, 2.24) is 9.97 Å². The molecule has 1 amide bonds. The van der Waals surface area contributed by atoms with Crippen LogP contribution in [0.25, 0.3) is 0 Å². The number of hydrogen-bond donors (Lipinski definition) is 2. The van der Waals surface area contributed by atoms with E-state index in [0.29, 0.717) is 28.7 Å². The number of benzene rings is 1. The molecule has 1 aromatic heterocycles. The Bertz CT molecular complexity index is 778. The second-order valence-corrected chi connectivity index (χ2v) is 6.37. The summed E-state index contributed by atoms with van der Waals surface area (Å²) < 4.78 is 10.2. The first-order chi connectivity index (χ1) is 12.1. The molecule has 0 saturated carbocycles. The minimum Gasteiger partial charge on any atom is -0.495 e. The van der Waals surface area contributed by atoms with E-state index in [4.69, 9.17) is 9.47 Å².